The number of para-hydroxylation sites is 1. The van der Waals surface area contributed by atoms with Crippen LogP contribution < -0.4 is 5.73 Å². The van der Waals surface area contributed by atoms with Gasteiger partial charge in [-0.3, -0.25) is 4.79 Å². The highest BCUT2D eigenvalue weighted by molar-refractivity contribution is 5.80. The maximum atomic E-state index is 12.3. The summed E-state index contributed by atoms with van der Waals surface area (Å²) < 4.78 is 0. The van der Waals surface area contributed by atoms with Crippen molar-refractivity contribution < 1.29 is 9.90 Å². The molecule has 104 valence electrons. The predicted molar refractivity (Wildman–Crippen MR) is 75.6 cm³/mol. The van der Waals surface area contributed by atoms with E-state index in [1.807, 2.05) is 29.2 Å². The Morgan fingerprint density at radius 3 is 2.95 bits per heavy atom. The van der Waals surface area contributed by atoms with E-state index in [4.69, 9.17) is 10.8 Å². The van der Waals surface area contributed by atoms with E-state index < -0.39 is 0 Å². The van der Waals surface area contributed by atoms with Gasteiger partial charge in [-0.15, -0.1) is 0 Å². The SMILES string of the molecule is Nc1ccccc1CC(=O)N1CCCC1CCCO. The Labute approximate surface area is 114 Å². The number of nitrogen functional groups attached to an aromatic ring is 1. The summed E-state index contributed by atoms with van der Waals surface area (Å²) in [6.45, 7) is 1.03. The van der Waals surface area contributed by atoms with Gasteiger partial charge in [-0.1, -0.05) is 18.2 Å². The van der Waals surface area contributed by atoms with Crippen molar-refractivity contribution in [1.29, 1.82) is 0 Å². The summed E-state index contributed by atoms with van der Waals surface area (Å²) in [5.74, 6) is 0.151. The number of anilines is 1. The van der Waals surface area contributed by atoms with Crippen LogP contribution in [0, 0.1) is 0 Å². The average Bonchev–Trinajstić information content (AvgIpc) is 2.87. The van der Waals surface area contributed by atoms with Gasteiger partial charge < -0.3 is 15.7 Å². The zero-order valence-electron chi connectivity index (χ0n) is 11.2. The summed E-state index contributed by atoms with van der Waals surface area (Å²) in [5, 5.41) is 8.90. The first kappa shape index (κ1) is 13.9. The number of nitrogens with zero attached hydrogens (tertiary/aromatic N) is 1. The molecule has 1 aromatic rings. The number of carbonyl (C=O) groups is 1. The Morgan fingerprint density at radius 2 is 2.21 bits per heavy atom. The number of carbonyl (C=O) groups excluding carboxylic acids is 1. The van der Waals surface area contributed by atoms with Gasteiger partial charge in [0.1, 0.15) is 0 Å². The fraction of sp³-hybridized carbons (Fsp3) is 0.533. The number of rotatable bonds is 5. The minimum atomic E-state index is 0.151. The molecule has 0 aromatic heterocycles. The van der Waals surface area contributed by atoms with E-state index in [1.165, 1.54) is 0 Å². The van der Waals surface area contributed by atoms with E-state index in [0.717, 1.165) is 37.8 Å². The van der Waals surface area contributed by atoms with Gasteiger partial charge in [0.15, 0.2) is 0 Å². The molecule has 4 heteroatoms. The highest BCUT2D eigenvalue weighted by atomic mass is 16.3. The molecule has 1 saturated heterocycles. The van der Waals surface area contributed by atoms with E-state index in [2.05, 4.69) is 0 Å². The van der Waals surface area contributed by atoms with Crippen LogP contribution in [-0.4, -0.2) is 35.1 Å². The third kappa shape index (κ3) is 3.47. The molecule has 2 rings (SSSR count). The lowest BCUT2D eigenvalue weighted by Gasteiger charge is -2.25. The van der Waals surface area contributed by atoms with E-state index in [1.54, 1.807) is 0 Å². The van der Waals surface area contributed by atoms with Crippen LogP contribution in [0.15, 0.2) is 24.3 Å². The summed E-state index contributed by atoms with van der Waals surface area (Å²) in [4.78, 5) is 14.3. The topological polar surface area (TPSA) is 66.6 Å². The van der Waals surface area contributed by atoms with E-state index >= 15 is 0 Å². The van der Waals surface area contributed by atoms with Crippen LogP contribution in [0.4, 0.5) is 5.69 Å². The molecule has 0 radical (unpaired) electrons. The standard InChI is InChI=1S/C15H22N2O2/c16-14-8-2-1-5-12(14)11-15(19)17-9-3-6-13(17)7-4-10-18/h1-2,5,8,13,18H,3-4,6-7,9-11,16H2. The number of benzene rings is 1. The maximum absolute atomic E-state index is 12.3. The van der Waals surface area contributed by atoms with Gasteiger partial charge in [0.2, 0.25) is 5.91 Å². The normalized spacial score (nSPS) is 18.8. The monoisotopic (exact) mass is 262 g/mol. The third-order valence-corrected chi connectivity index (χ3v) is 3.79. The maximum Gasteiger partial charge on any atom is 0.227 e. The number of amides is 1. The van der Waals surface area contributed by atoms with E-state index in [0.29, 0.717) is 18.2 Å². The third-order valence-electron chi connectivity index (χ3n) is 3.79. The summed E-state index contributed by atoms with van der Waals surface area (Å²) in [7, 11) is 0. The van der Waals surface area contributed by atoms with Crippen LogP contribution in [0.3, 0.4) is 0 Å². The number of nitrogens with two attached hydrogens (primary N) is 1. The molecule has 1 fully saturated rings. The van der Waals surface area contributed by atoms with Crippen molar-refractivity contribution in [3.8, 4) is 0 Å². The van der Waals surface area contributed by atoms with Crippen molar-refractivity contribution in [3.63, 3.8) is 0 Å². The lowest BCUT2D eigenvalue weighted by molar-refractivity contribution is -0.131. The number of aliphatic hydroxyl groups is 1. The molecule has 1 aliphatic rings. The molecular formula is C15H22N2O2. The molecule has 0 aliphatic carbocycles. The van der Waals surface area contributed by atoms with Gasteiger partial charge >= 0.3 is 0 Å². The molecule has 1 unspecified atom stereocenters. The smallest absolute Gasteiger partial charge is 0.227 e. The molecule has 1 aliphatic heterocycles. The van der Waals surface area contributed by atoms with Crippen LogP contribution in [-0.2, 0) is 11.2 Å². The molecule has 1 amide bonds. The molecule has 3 N–H and O–H groups in total. The minimum absolute atomic E-state index is 0.151. The Balaban J connectivity index is 1.97. The van der Waals surface area contributed by atoms with E-state index in [9.17, 15) is 4.79 Å². The van der Waals surface area contributed by atoms with Crippen molar-refractivity contribution in [2.75, 3.05) is 18.9 Å². The van der Waals surface area contributed by atoms with Crippen molar-refractivity contribution >= 4 is 11.6 Å². The van der Waals surface area contributed by atoms with Gasteiger partial charge in [0.25, 0.3) is 0 Å². The molecule has 0 bridgehead atoms. The van der Waals surface area contributed by atoms with Crippen LogP contribution in [0.1, 0.15) is 31.2 Å². The first-order valence-electron chi connectivity index (χ1n) is 6.96. The molecule has 0 saturated carbocycles. The van der Waals surface area contributed by atoms with Crippen molar-refractivity contribution in [3.05, 3.63) is 29.8 Å². The quantitative estimate of drug-likeness (QED) is 0.792. The summed E-state index contributed by atoms with van der Waals surface area (Å²) in [6, 6.07) is 7.82. The molecule has 1 heterocycles. The van der Waals surface area contributed by atoms with Gasteiger partial charge in [0.05, 0.1) is 6.42 Å². The molecular weight excluding hydrogens is 240 g/mol. The number of hydrogen-bond acceptors (Lipinski definition) is 3. The number of hydrogen-bond donors (Lipinski definition) is 2. The highest BCUT2D eigenvalue weighted by Crippen LogP contribution is 2.23. The summed E-state index contributed by atoms with van der Waals surface area (Å²) in [6.07, 6.45) is 4.15. The second kappa shape index (κ2) is 6.57. The molecule has 0 spiro atoms. The van der Waals surface area contributed by atoms with Gasteiger partial charge in [-0.2, -0.15) is 0 Å². The Bertz CT molecular complexity index is 434. The summed E-state index contributed by atoms with van der Waals surface area (Å²) in [5.41, 5.74) is 7.46. The van der Waals surface area contributed by atoms with Crippen molar-refractivity contribution in [2.24, 2.45) is 0 Å². The summed E-state index contributed by atoms with van der Waals surface area (Å²) >= 11 is 0. The second-order valence-corrected chi connectivity index (χ2v) is 5.12. The van der Waals surface area contributed by atoms with Crippen molar-refractivity contribution in [2.45, 2.75) is 38.1 Å². The highest BCUT2D eigenvalue weighted by Gasteiger charge is 2.28. The predicted octanol–water partition coefficient (Wildman–Crippen LogP) is 1.57. The second-order valence-electron chi connectivity index (χ2n) is 5.12. The number of aliphatic hydroxyl groups excluding tert-OH is 1. The Kier molecular flexibility index (Phi) is 4.80. The fourth-order valence-corrected chi connectivity index (χ4v) is 2.75. The van der Waals surface area contributed by atoms with Crippen LogP contribution in [0.5, 0.6) is 0 Å². The lowest BCUT2D eigenvalue weighted by atomic mass is 10.1. The zero-order valence-corrected chi connectivity index (χ0v) is 11.2. The van der Waals surface area contributed by atoms with Gasteiger partial charge in [-0.25, -0.2) is 0 Å². The van der Waals surface area contributed by atoms with Gasteiger partial charge in [0, 0.05) is 24.9 Å². The largest absolute Gasteiger partial charge is 0.398 e. The fourth-order valence-electron chi connectivity index (χ4n) is 2.75. The molecule has 19 heavy (non-hydrogen) atoms. The number of likely N-dealkylation sites (tertiary alicyclic amines) is 1. The van der Waals surface area contributed by atoms with Gasteiger partial charge in [-0.05, 0) is 37.3 Å². The average molecular weight is 262 g/mol. The van der Waals surface area contributed by atoms with E-state index in [-0.39, 0.29) is 12.5 Å². The first-order chi connectivity index (χ1) is 9.22. The zero-order chi connectivity index (χ0) is 13.7. The van der Waals surface area contributed by atoms with Crippen LogP contribution in [0.2, 0.25) is 0 Å². The minimum Gasteiger partial charge on any atom is -0.398 e. The molecule has 1 atom stereocenters. The Hall–Kier alpha value is -1.55. The first-order valence-corrected chi connectivity index (χ1v) is 6.96. The lowest BCUT2D eigenvalue weighted by Crippen LogP contribution is -2.36. The van der Waals surface area contributed by atoms with Crippen molar-refractivity contribution in [1.82, 2.24) is 4.90 Å². The molecule has 4 nitrogen and oxygen atoms in total. The van der Waals surface area contributed by atoms with Crippen LogP contribution >= 0.6 is 0 Å². The Morgan fingerprint density at radius 1 is 1.42 bits per heavy atom. The molecule has 1 aromatic carbocycles. The van der Waals surface area contributed by atoms with Crippen LogP contribution in [0.25, 0.3) is 0 Å².